The van der Waals surface area contributed by atoms with Crippen LogP contribution >= 0.6 is 11.8 Å². The number of aliphatic hydroxyl groups is 2. The quantitative estimate of drug-likeness (QED) is 0.473. The highest BCUT2D eigenvalue weighted by atomic mass is 32.2. The van der Waals surface area contributed by atoms with Crippen molar-refractivity contribution >= 4 is 17.7 Å². The molecule has 0 amide bonds. The van der Waals surface area contributed by atoms with E-state index in [-0.39, 0.29) is 6.61 Å². The van der Waals surface area contributed by atoms with Crippen LogP contribution in [-0.2, 0) is 9.53 Å². The fraction of sp³-hybridized carbons (Fsp3) is 0.667. The van der Waals surface area contributed by atoms with E-state index < -0.39 is 12.1 Å². The molecule has 0 rings (SSSR count). The van der Waals surface area contributed by atoms with Gasteiger partial charge in [-0.2, -0.15) is 11.8 Å². The van der Waals surface area contributed by atoms with Crippen LogP contribution in [0.25, 0.3) is 0 Å². The molecule has 1 unspecified atom stereocenters. The van der Waals surface area contributed by atoms with Crippen molar-refractivity contribution in [1.82, 2.24) is 0 Å². The zero-order valence-electron chi connectivity index (χ0n) is 8.23. The van der Waals surface area contributed by atoms with E-state index in [9.17, 15) is 4.79 Å². The molecule has 0 heterocycles. The number of rotatable bonds is 7. The van der Waals surface area contributed by atoms with Gasteiger partial charge in [-0.15, -0.1) is 0 Å². The number of carbonyl (C=O) groups is 1. The van der Waals surface area contributed by atoms with Crippen molar-refractivity contribution in [3.8, 4) is 0 Å². The number of ether oxygens (including phenoxy) is 1. The van der Waals surface area contributed by atoms with Gasteiger partial charge in [0.05, 0.1) is 19.3 Å². The van der Waals surface area contributed by atoms with Crippen LogP contribution < -0.4 is 0 Å². The first-order valence-corrected chi connectivity index (χ1v) is 5.48. The summed E-state index contributed by atoms with van der Waals surface area (Å²) >= 11 is 1.34. The van der Waals surface area contributed by atoms with Gasteiger partial charge in [-0.3, -0.25) is 0 Å². The predicted molar refractivity (Wildman–Crippen MR) is 56.2 cm³/mol. The Balaban J connectivity index is 3.58. The minimum atomic E-state index is -0.741. The van der Waals surface area contributed by atoms with E-state index in [1.165, 1.54) is 11.8 Å². The Morgan fingerprint density at radius 2 is 2.29 bits per heavy atom. The fourth-order valence-electron chi connectivity index (χ4n) is 0.663. The van der Waals surface area contributed by atoms with Crippen molar-refractivity contribution in [3.05, 3.63) is 12.2 Å². The number of carbonyl (C=O) groups excluding carboxylic acids is 1. The second kappa shape index (κ2) is 7.84. The maximum absolute atomic E-state index is 11.0. The molecule has 0 saturated heterocycles. The van der Waals surface area contributed by atoms with Gasteiger partial charge in [0.1, 0.15) is 0 Å². The third-order valence-corrected chi connectivity index (χ3v) is 2.53. The molecule has 0 radical (unpaired) electrons. The van der Waals surface area contributed by atoms with Crippen LogP contribution in [0.5, 0.6) is 0 Å². The van der Waals surface area contributed by atoms with Crippen molar-refractivity contribution in [3.63, 3.8) is 0 Å². The highest BCUT2D eigenvalue weighted by Crippen LogP contribution is 2.09. The summed E-state index contributed by atoms with van der Waals surface area (Å²) in [5.74, 6) is 0.392. The number of esters is 1. The minimum Gasteiger partial charge on any atom is -0.463 e. The average Bonchev–Trinajstić information content (AvgIpc) is 2.17. The summed E-state index contributed by atoms with van der Waals surface area (Å²) in [4.78, 5) is 11.0. The van der Waals surface area contributed by atoms with E-state index in [0.29, 0.717) is 23.7 Å². The fourth-order valence-corrected chi connectivity index (χ4v) is 1.52. The van der Waals surface area contributed by atoms with Gasteiger partial charge in [0.25, 0.3) is 0 Å². The van der Waals surface area contributed by atoms with Crippen molar-refractivity contribution in [2.45, 2.75) is 13.0 Å². The molecule has 2 N–H and O–H groups in total. The molecule has 1 atom stereocenters. The average molecular weight is 220 g/mol. The van der Waals surface area contributed by atoms with E-state index in [1.807, 2.05) is 0 Å². The van der Waals surface area contributed by atoms with Crippen LogP contribution in [0.2, 0.25) is 0 Å². The van der Waals surface area contributed by atoms with Crippen molar-refractivity contribution in [1.29, 1.82) is 0 Å². The summed E-state index contributed by atoms with van der Waals surface area (Å²) in [5, 5.41) is 17.5. The zero-order chi connectivity index (χ0) is 11.0. The van der Waals surface area contributed by atoms with E-state index in [2.05, 4.69) is 6.58 Å². The topological polar surface area (TPSA) is 66.8 Å². The monoisotopic (exact) mass is 220 g/mol. The van der Waals surface area contributed by atoms with Gasteiger partial charge in [0.2, 0.25) is 0 Å². The highest BCUT2D eigenvalue weighted by Gasteiger charge is 2.08. The molecule has 0 aromatic rings. The number of aliphatic hydroxyl groups excluding tert-OH is 2. The Morgan fingerprint density at radius 3 is 2.79 bits per heavy atom. The summed E-state index contributed by atoms with van der Waals surface area (Å²) in [6, 6.07) is 0. The molecule has 0 spiro atoms. The lowest BCUT2D eigenvalue weighted by molar-refractivity contribution is -0.138. The van der Waals surface area contributed by atoms with Crippen LogP contribution in [0.1, 0.15) is 6.92 Å². The van der Waals surface area contributed by atoms with Gasteiger partial charge in [-0.05, 0) is 6.92 Å². The lowest BCUT2D eigenvalue weighted by Crippen LogP contribution is -2.16. The smallest absolute Gasteiger partial charge is 0.334 e. The Bertz CT molecular complexity index is 193. The summed E-state index contributed by atoms with van der Waals surface area (Å²) < 4.78 is 4.72. The van der Waals surface area contributed by atoms with Crippen molar-refractivity contribution in [2.75, 3.05) is 24.7 Å². The van der Waals surface area contributed by atoms with Crippen LogP contribution in [0.3, 0.4) is 0 Å². The van der Waals surface area contributed by atoms with Gasteiger partial charge < -0.3 is 14.9 Å². The second-order valence-electron chi connectivity index (χ2n) is 2.68. The zero-order valence-corrected chi connectivity index (χ0v) is 9.05. The standard InChI is InChI=1S/C9H16O4S/c1-3-13-9(12)7(2)5-14-6-8(11)4-10/h8,10-11H,2-6H2,1H3. The molecule has 5 heteroatoms. The summed E-state index contributed by atoms with van der Waals surface area (Å²) in [6.07, 6.45) is -0.741. The first-order chi connectivity index (χ1) is 6.61. The van der Waals surface area contributed by atoms with Crippen LogP contribution in [0, 0.1) is 0 Å². The van der Waals surface area contributed by atoms with E-state index >= 15 is 0 Å². The van der Waals surface area contributed by atoms with Gasteiger partial charge in [-0.1, -0.05) is 6.58 Å². The maximum atomic E-state index is 11.0. The molecule has 0 aromatic carbocycles. The van der Waals surface area contributed by atoms with Gasteiger partial charge in [-0.25, -0.2) is 4.79 Å². The molecular weight excluding hydrogens is 204 g/mol. The van der Waals surface area contributed by atoms with E-state index in [1.54, 1.807) is 6.92 Å². The third kappa shape index (κ3) is 6.01. The summed E-state index contributed by atoms with van der Waals surface area (Å²) in [7, 11) is 0. The molecule has 0 aliphatic carbocycles. The maximum Gasteiger partial charge on any atom is 0.334 e. The molecular formula is C9H16O4S. The SMILES string of the molecule is C=C(CSCC(O)CO)C(=O)OCC. The normalized spacial score (nSPS) is 12.2. The molecule has 4 nitrogen and oxygen atoms in total. The van der Waals surface area contributed by atoms with Gasteiger partial charge in [0, 0.05) is 17.1 Å². The predicted octanol–water partition coefficient (Wildman–Crippen LogP) is 0.192. The number of hydrogen-bond donors (Lipinski definition) is 2. The third-order valence-electron chi connectivity index (χ3n) is 1.36. The first-order valence-electron chi connectivity index (χ1n) is 4.33. The molecule has 0 saturated carbocycles. The van der Waals surface area contributed by atoms with E-state index in [0.717, 1.165) is 0 Å². The molecule has 0 bridgehead atoms. The van der Waals surface area contributed by atoms with Crippen LogP contribution in [0.4, 0.5) is 0 Å². The molecule has 82 valence electrons. The van der Waals surface area contributed by atoms with Crippen LogP contribution in [0.15, 0.2) is 12.2 Å². The Morgan fingerprint density at radius 1 is 1.64 bits per heavy atom. The number of thioether (sulfide) groups is 1. The van der Waals surface area contributed by atoms with E-state index in [4.69, 9.17) is 14.9 Å². The lowest BCUT2D eigenvalue weighted by Gasteiger charge is -2.07. The van der Waals surface area contributed by atoms with Gasteiger partial charge in [0.15, 0.2) is 0 Å². The highest BCUT2D eigenvalue weighted by molar-refractivity contribution is 7.99. The Kier molecular flexibility index (Phi) is 7.55. The molecule has 14 heavy (non-hydrogen) atoms. The van der Waals surface area contributed by atoms with Crippen LogP contribution in [-0.4, -0.2) is 47.0 Å². The Labute approximate surface area is 88.0 Å². The number of hydrogen-bond acceptors (Lipinski definition) is 5. The molecule has 0 aliphatic rings. The van der Waals surface area contributed by atoms with Gasteiger partial charge >= 0.3 is 5.97 Å². The Hall–Kier alpha value is -0.520. The molecule has 0 aromatic heterocycles. The summed E-state index contributed by atoms with van der Waals surface area (Å²) in [6.45, 7) is 5.36. The largest absolute Gasteiger partial charge is 0.463 e. The first kappa shape index (κ1) is 13.5. The minimum absolute atomic E-state index is 0.265. The summed E-state index contributed by atoms with van der Waals surface area (Å²) in [5.41, 5.74) is 0.377. The molecule has 0 fully saturated rings. The molecule has 0 aliphatic heterocycles. The van der Waals surface area contributed by atoms with Crippen molar-refractivity contribution < 1.29 is 19.7 Å². The van der Waals surface area contributed by atoms with Crippen molar-refractivity contribution in [2.24, 2.45) is 0 Å². The second-order valence-corrected chi connectivity index (χ2v) is 3.71. The lowest BCUT2D eigenvalue weighted by atomic mass is 10.4.